The molecule has 2 aliphatic rings. The van der Waals surface area contributed by atoms with Crippen molar-refractivity contribution in [2.75, 3.05) is 49.7 Å². The van der Waals surface area contributed by atoms with Gasteiger partial charge < -0.3 is 14.5 Å². The first kappa shape index (κ1) is 18.1. The molecule has 0 spiro atoms. The molecule has 0 unspecified atom stereocenters. The van der Waals surface area contributed by atoms with Crippen LogP contribution in [0.1, 0.15) is 35.9 Å². The highest BCUT2D eigenvalue weighted by Gasteiger charge is 2.24. The molecule has 2 aliphatic heterocycles. The van der Waals surface area contributed by atoms with Gasteiger partial charge in [0.2, 0.25) is 5.95 Å². The number of nitrogens with zero attached hydrogens (tertiary/aromatic N) is 5. The molecule has 2 saturated heterocycles. The van der Waals surface area contributed by atoms with Gasteiger partial charge in [0.25, 0.3) is 5.91 Å². The molecule has 0 radical (unpaired) electrons. The number of hydrazone groups is 1. The third-order valence-corrected chi connectivity index (χ3v) is 5.92. The van der Waals surface area contributed by atoms with Gasteiger partial charge in [-0.05, 0) is 32.3 Å². The third kappa shape index (κ3) is 3.89. The van der Waals surface area contributed by atoms with Gasteiger partial charge in [0, 0.05) is 32.4 Å². The zero-order valence-electron chi connectivity index (χ0n) is 15.5. The topological polar surface area (TPSA) is 82.9 Å². The van der Waals surface area contributed by atoms with Gasteiger partial charge in [-0.25, -0.2) is 10.4 Å². The number of fused-ring (bicyclic) bond motifs is 1. The van der Waals surface area contributed by atoms with Gasteiger partial charge in [0.05, 0.1) is 28.3 Å². The number of thiophene rings is 1. The van der Waals surface area contributed by atoms with Gasteiger partial charge >= 0.3 is 0 Å². The van der Waals surface area contributed by atoms with Crippen LogP contribution in [0.15, 0.2) is 11.2 Å². The van der Waals surface area contributed by atoms with Gasteiger partial charge in [-0.15, -0.1) is 11.3 Å². The fourth-order valence-corrected chi connectivity index (χ4v) is 4.52. The van der Waals surface area contributed by atoms with Gasteiger partial charge in [-0.1, -0.05) is 0 Å². The lowest BCUT2D eigenvalue weighted by Gasteiger charge is -2.28. The van der Waals surface area contributed by atoms with E-state index >= 15 is 0 Å². The lowest BCUT2D eigenvalue weighted by atomic mass is 10.1. The van der Waals surface area contributed by atoms with E-state index in [-0.39, 0.29) is 5.91 Å². The second-order valence-electron chi connectivity index (χ2n) is 6.65. The third-order valence-electron chi connectivity index (χ3n) is 4.81. The highest BCUT2D eigenvalue weighted by molar-refractivity contribution is 7.21. The van der Waals surface area contributed by atoms with Crippen LogP contribution in [0.4, 0.5) is 11.8 Å². The number of carbonyl (C=O) groups is 1. The normalized spacial score (nSPS) is 18.4. The lowest BCUT2D eigenvalue weighted by molar-refractivity contribution is 0.0729. The Hall–Kier alpha value is -2.26. The molecule has 8 nitrogen and oxygen atoms in total. The lowest BCUT2D eigenvalue weighted by Crippen LogP contribution is -2.36. The zero-order chi connectivity index (χ0) is 18.6. The van der Waals surface area contributed by atoms with Crippen molar-refractivity contribution in [2.24, 2.45) is 5.10 Å². The molecular formula is C18H24N6O2S. The van der Waals surface area contributed by atoms with Crippen molar-refractivity contribution in [3.8, 4) is 0 Å². The van der Waals surface area contributed by atoms with Gasteiger partial charge in [-0.2, -0.15) is 10.1 Å². The molecule has 9 heteroatoms. The molecule has 2 aromatic rings. The summed E-state index contributed by atoms with van der Waals surface area (Å²) in [7, 11) is 0. The molecule has 27 heavy (non-hydrogen) atoms. The fourth-order valence-electron chi connectivity index (χ4n) is 3.43. The average molecular weight is 388 g/mol. The number of piperidine rings is 1. The SMILES string of the molecule is C/C=N/Nc1nc(N2CCOCC2)c2sc(C(=O)N3CCCCC3)cc2n1. The van der Waals surface area contributed by atoms with Crippen LogP contribution in [0.2, 0.25) is 0 Å². The molecule has 0 aliphatic carbocycles. The van der Waals surface area contributed by atoms with Crippen LogP contribution in [-0.2, 0) is 4.74 Å². The maximum atomic E-state index is 12.9. The highest BCUT2D eigenvalue weighted by Crippen LogP contribution is 2.34. The number of amides is 1. The standard InChI is InChI=1S/C18H24N6O2S/c1-2-19-22-18-20-13-12-14(17(25)24-6-4-3-5-7-24)27-15(13)16(21-18)23-8-10-26-11-9-23/h2,12H,3-11H2,1H3,(H,20,21,22)/b19-2+. The molecule has 2 fully saturated rings. The number of likely N-dealkylation sites (tertiary alicyclic amines) is 1. The molecular weight excluding hydrogens is 364 g/mol. The van der Waals surface area contributed by atoms with E-state index in [2.05, 4.69) is 25.4 Å². The monoisotopic (exact) mass is 388 g/mol. The smallest absolute Gasteiger partial charge is 0.264 e. The summed E-state index contributed by atoms with van der Waals surface area (Å²) in [6, 6.07) is 1.89. The van der Waals surface area contributed by atoms with Gasteiger partial charge in [0.15, 0.2) is 5.82 Å². The van der Waals surface area contributed by atoms with Crippen molar-refractivity contribution in [2.45, 2.75) is 26.2 Å². The number of carbonyl (C=O) groups excluding carboxylic acids is 1. The van der Waals surface area contributed by atoms with Crippen LogP contribution in [0.25, 0.3) is 10.2 Å². The number of hydrogen-bond acceptors (Lipinski definition) is 8. The van der Waals surface area contributed by atoms with Crippen LogP contribution >= 0.6 is 11.3 Å². The minimum atomic E-state index is 0.103. The molecule has 0 bridgehead atoms. The molecule has 144 valence electrons. The predicted molar refractivity (Wildman–Crippen MR) is 108 cm³/mol. The van der Waals surface area contributed by atoms with E-state index in [0.717, 1.165) is 59.9 Å². The zero-order valence-corrected chi connectivity index (χ0v) is 16.3. The van der Waals surface area contributed by atoms with Crippen molar-refractivity contribution in [1.29, 1.82) is 0 Å². The summed E-state index contributed by atoms with van der Waals surface area (Å²) in [6.07, 6.45) is 5.02. The van der Waals surface area contributed by atoms with Crippen molar-refractivity contribution in [1.82, 2.24) is 14.9 Å². The summed E-state index contributed by atoms with van der Waals surface area (Å²) in [5.74, 6) is 1.39. The minimum absolute atomic E-state index is 0.103. The summed E-state index contributed by atoms with van der Waals surface area (Å²) in [4.78, 5) is 27.0. The highest BCUT2D eigenvalue weighted by atomic mass is 32.1. The summed E-state index contributed by atoms with van der Waals surface area (Å²) in [5.41, 5.74) is 3.65. The fraction of sp³-hybridized carbons (Fsp3) is 0.556. The van der Waals surface area contributed by atoms with E-state index in [1.54, 1.807) is 6.21 Å². The first-order chi connectivity index (χ1) is 13.3. The Labute approximate surface area is 162 Å². The number of morpholine rings is 1. The molecule has 0 atom stereocenters. The van der Waals surface area contributed by atoms with E-state index in [4.69, 9.17) is 4.74 Å². The maximum Gasteiger partial charge on any atom is 0.264 e. The van der Waals surface area contributed by atoms with Crippen LogP contribution in [0, 0.1) is 0 Å². The van der Waals surface area contributed by atoms with Crippen molar-refractivity contribution >= 4 is 45.4 Å². The first-order valence-electron chi connectivity index (χ1n) is 9.43. The summed E-state index contributed by atoms with van der Waals surface area (Å²) >= 11 is 1.49. The Morgan fingerprint density at radius 1 is 1.22 bits per heavy atom. The van der Waals surface area contributed by atoms with Crippen molar-refractivity contribution < 1.29 is 9.53 Å². The number of nitrogens with one attached hydrogen (secondary N) is 1. The quantitative estimate of drug-likeness (QED) is 0.640. The summed E-state index contributed by atoms with van der Waals surface area (Å²) in [5, 5.41) is 4.04. The van der Waals surface area contributed by atoms with Crippen LogP contribution in [0.3, 0.4) is 0 Å². The molecule has 4 rings (SSSR count). The summed E-state index contributed by atoms with van der Waals surface area (Å²) < 4.78 is 6.42. The van der Waals surface area contributed by atoms with E-state index in [1.807, 2.05) is 17.9 Å². The second-order valence-corrected chi connectivity index (χ2v) is 7.70. The maximum absolute atomic E-state index is 12.9. The largest absolute Gasteiger partial charge is 0.378 e. The number of ether oxygens (including phenoxy) is 1. The molecule has 4 heterocycles. The molecule has 2 aromatic heterocycles. The second kappa shape index (κ2) is 8.18. The Morgan fingerprint density at radius 2 is 2.00 bits per heavy atom. The molecule has 0 aromatic carbocycles. The molecule has 0 saturated carbocycles. The van der Waals surface area contributed by atoms with Gasteiger partial charge in [0.1, 0.15) is 0 Å². The Kier molecular flexibility index (Phi) is 5.49. The van der Waals surface area contributed by atoms with E-state index in [9.17, 15) is 4.79 Å². The Balaban J connectivity index is 1.71. The number of rotatable bonds is 4. The predicted octanol–water partition coefficient (Wildman–Crippen LogP) is 2.57. The Bertz CT molecular complexity index is 840. The Morgan fingerprint density at radius 3 is 2.74 bits per heavy atom. The first-order valence-corrected chi connectivity index (χ1v) is 10.2. The minimum Gasteiger partial charge on any atom is -0.378 e. The van der Waals surface area contributed by atoms with Gasteiger partial charge in [-0.3, -0.25) is 4.79 Å². The van der Waals surface area contributed by atoms with Crippen molar-refractivity contribution in [3.05, 3.63) is 10.9 Å². The summed E-state index contributed by atoms with van der Waals surface area (Å²) in [6.45, 7) is 6.40. The number of hydrogen-bond donors (Lipinski definition) is 1. The van der Waals surface area contributed by atoms with Crippen LogP contribution < -0.4 is 10.3 Å². The van der Waals surface area contributed by atoms with Crippen LogP contribution in [-0.4, -0.2) is 66.4 Å². The molecule has 1 amide bonds. The van der Waals surface area contributed by atoms with Crippen LogP contribution in [0.5, 0.6) is 0 Å². The van der Waals surface area contributed by atoms with E-state index < -0.39 is 0 Å². The van der Waals surface area contributed by atoms with Crippen molar-refractivity contribution in [3.63, 3.8) is 0 Å². The number of anilines is 2. The number of aromatic nitrogens is 2. The average Bonchev–Trinajstić information content (AvgIpc) is 3.16. The molecule has 1 N–H and O–H groups in total. The van der Waals surface area contributed by atoms with E-state index in [0.29, 0.717) is 19.2 Å². The van der Waals surface area contributed by atoms with E-state index in [1.165, 1.54) is 17.8 Å².